The number of nitrogen functional groups attached to an aromatic ring is 1. The molecule has 0 heterocycles. The second kappa shape index (κ2) is 5.65. The van der Waals surface area contributed by atoms with Gasteiger partial charge in [-0.15, -0.1) is 0 Å². The highest BCUT2D eigenvalue weighted by molar-refractivity contribution is 5.98. The Kier molecular flexibility index (Phi) is 4.48. The Labute approximate surface area is 101 Å². The van der Waals surface area contributed by atoms with E-state index in [1.54, 1.807) is 12.1 Å². The monoisotopic (exact) mass is 237 g/mol. The predicted molar refractivity (Wildman–Crippen MR) is 67.5 cm³/mol. The van der Waals surface area contributed by atoms with E-state index >= 15 is 0 Å². The lowest BCUT2D eigenvalue weighted by Gasteiger charge is -2.15. The first-order valence-corrected chi connectivity index (χ1v) is 5.52. The summed E-state index contributed by atoms with van der Waals surface area (Å²) in [5.74, 6) is -0.589. The average molecular weight is 237 g/mol. The maximum Gasteiger partial charge on any atom is 0.250 e. The number of carbonyl (C=O) groups excluding carboxylic acids is 1. The van der Waals surface area contributed by atoms with Crippen molar-refractivity contribution in [2.24, 2.45) is 5.73 Å². The molecule has 0 spiro atoms. The second-order valence-corrected chi connectivity index (χ2v) is 4.29. The van der Waals surface area contributed by atoms with Gasteiger partial charge >= 0.3 is 0 Å². The third-order valence-electron chi connectivity index (χ3n) is 2.45. The fraction of sp³-hybridized carbons (Fsp3) is 0.417. The van der Waals surface area contributed by atoms with Gasteiger partial charge in [-0.05, 0) is 17.7 Å². The van der Waals surface area contributed by atoms with Crippen LogP contribution < -0.4 is 16.8 Å². The zero-order chi connectivity index (χ0) is 13.0. The number of carbonyl (C=O) groups is 1. The molecular weight excluding hydrogens is 218 g/mol. The molecule has 0 aromatic heterocycles. The number of aliphatic hydroxyl groups excluding tert-OH is 1. The number of benzene rings is 1. The van der Waals surface area contributed by atoms with Gasteiger partial charge in [0.15, 0.2) is 0 Å². The van der Waals surface area contributed by atoms with E-state index in [-0.39, 0.29) is 11.6 Å². The van der Waals surface area contributed by atoms with Crippen LogP contribution in [0.25, 0.3) is 0 Å². The number of aliphatic hydroxyl groups is 1. The SMILES string of the molecule is CC(C)NCC(O)c1ccc(N)c(C(N)=O)c1. The van der Waals surface area contributed by atoms with E-state index in [1.807, 2.05) is 13.8 Å². The molecule has 1 amide bonds. The maximum absolute atomic E-state index is 11.1. The van der Waals surface area contributed by atoms with Crippen molar-refractivity contribution in [3.8, 4) is 0 Å². The molecular formula is C12H19N3O2. The first-order valence-electron chi connectivity index (χ1n) is 5.52. The molecule has 0 saturated carbocycles. The Hall–Kier alpha value is -1.59. The molecule has 1 atom stereocenters. The van der Waals surface area contributed by atoms with Gasteiger partial charge in [-0.3, -0.25) is 4.79 Å². The normalized spacial score (nSPS) is 12.7. The largest absolute Gasteiger partial charge is 0.398 e. The van der Waals surface area contributed by atoms with Crippen LogP contribution in [0, 0.1) is 0 Å². The van der Waals surface area contributed by atoms with E-state index < -0.39 is 12.0 Å². The van der Waals surface area contributed by atoms with Crippen LogP contribution in [0.15, 0.2) is 18.2 Å². The molecule has 1 aromatic carbocycles. The van der Waals surface area contributed by atoms with Gasteiger partial charge in [0, 0.05) is 18.3 Å². The molecule has 0 bridgehead atoms. The molecule has 6 N–H and O–H groups in total. The second-order valence-electron chi connectivity index (χ2n) is 4.29. The average Bonchev–Trinajstić information content (AvgIpc) is 2.26. The summed E-state index contributed by atoms with van der Waals surface area (Å²) in [6, 6.07) is 5.08. The van der Waals surface area contributed by atoms with Crippen molar-refractivity contribution in [1.29, 1.82) is 0 Å². The number of hydrogen-bond acceptors (Lipinski definition) is 4. The van der Waals surface area contributed by atoms with E-state index in [2.05, 4.69) is 5.32 Å². The Morgan fingerprint density at radius 2 is 2.12 bits per heavy atom. The molecule has 0 fully saturated rings. The summed E-state index contributed by atoms with van der Waals surface area (Å²) in [6.07, 6.45) is -0.684. The number of nitrogens with two attached hydrogens (primary N) is 2. The van der Waals surface area contributed by atoms with Gasteiger partial charge in [0.25, 0.3) is 5.91 Å². The zero-order valence-corrected chi connectivity index (χ0v) is 10.1. The molecule has 94 valence electrons. The van der Waals surface area contributed by atoms with E-state index in [4.69, 9.17) is 11.5 Å². The van der Waals surface area contributed by atoms with Crippen molar-refractivity contribution in [1.82, 2.24) is 5.32 Å². The van der Waals surface area contributed by atoms with Crippen LogP contribution in [0.4, 0.5) is 5.69 Å². The van der Waals surface area contributed by atoms with Gasteiger partial charge in [0.1, 0.15) is 0 Å². The summed E-state index contributed by atoms with van der Waals surface area (Å²) in [5, 5.41) is 13.0. The number of anilines is 1. The molecule has 0 saturated heterocycles. The number of primary amides is 1. The third kappa shape index (κ3) is 3.72. The summed E-state index contributed by atoms with van der Waals surface area (Å²) in [6.45, 7) is 4.40. The van der Waals surface area contributed by atoms with Crippen LogP contribution in [-0.4, -0.2) is 23.6 Å². The molecule has 0 aliphatic rings. The van der Waals surface area contributed by atoms with Gasteiger partial charge in [-0.2, -0.15) is 0 Å². The van der Waals surface area contributed by atoms with E-state index in [9.17, 15) is 9.90 Å². The van der Waals surface area contributed by atoms with Crippen molar-refractivity contribution >= 4 is 11.6 Å². The topological polar surface area (TPSA) is 101 Å². The summed E-state index contributed by atoms with van der Waals surface area (Å²) >= 11 is 0. The van der Waals surface area contributed by atoms with Crippen molar-refractivity contribution in [2.75, 3.05) is 12.3 Å². The van der Waals surface area contributed by atoms with E-state index in [0.29, 0.717) is 17.8 Å². The highest BCUT2D eigenvalue weighted by Gasteiger charge is 2.12. The van der Waals surface area contributed by atoms with Crippen molar-refractivity contribution < 1.29 is 9.90 Å². The minimum absolute atomic E-state index is 0.242. The first kappa shape index (κ1) is 13.5. The van der Waals surface area contributed by atoms with E-state index in [1.165, 1.54) is 6.07 Å². The number of amides is 1. The van der Waals surface area contributed by atoms with Crippen molar-refractivity contribution in [3.63, 3.8) is 0 Å². The van der Waals surface area contributed by atoms with Gasteiger partial charge in [-0.1, -0.05) is 19.9 Å². The Morgan fingerprint density at radius 1 is 1.47 bits per heavy atom. The number of nitrogens with one attached hydrogen (secondary N) is 1. The standard InChI is InChI=1S/C12H19N3O2/c1-7(2)15-6-11(16)8-3-4-10(13)9(5-8)12(14)17/h3-5,7,11,15-16H,6,13H2,1-2H3,(H2,14,17). The van der Waals surface area contributed by atoms with Crippen LogP contribution >= 0.6 is 0 Å². The minimum atomic E-state index is -0.684. The molecule has 0 radical (unpaired) electrons. The zero-order valence-electron chi connectivity index (χ0n) is 10.1. The summed E-state index contributed by atoms with van der Waals surface area (Å²) in [4.78, 5) is 11.1. The lowest BCUT2D eigenvalue weighted by molar-refractivity contribution is 0.100. The lowest BCUT2D eigenvalue weighted by Crippen LogP contribution is -2.28. The quantitative estimate of drug-likeness (QED) is 0.557. The van der Waals surface area contributed by atoms with Crippen LogP contribution in [0.5, 0.6) is 0 Å². The molecule has 0 aliphatic carbocycles. The number of rotatable bonds is 5. The Morgan fingerprint density at radius 3 is 2.65 bits per heavy atom. The highest BCUT2D eigenvalue weighted by Crippen LogP contribution is 2.18. The van der Waals surface area contributed by atoms with Crippen LogP contribution in [-0.2, 0) is 0 Å². The predicted octanol–water partition coefficient (Wildman–Crippen LogP) is 0.399. The first-order chi connectivity index (χ1) is 7.91. The van der Waals surface area contributed by atoms with Gasteiger partial charge in [0.2, 0.25) is 0 Å². The molecule has 1 unspecified atom stereocenters. The van der Waals surface area contributed by atoms with Gasteiger partial charge < -0.3 is 21.9 Å². The molecule has 1 aromatic rings. The van der Waals surface area contributed by atoms with Crippen LogP contribution in [0.1, 0.15) is 35.9 Å². The van der Waals surface area contributed by atoms with Crippen LogP contribution in [0.3, 0.4) is 0 Å². The summed E-state index contributed by atoms with van der Waals surface area (Å²) < 4.78 is 0. The third-order valence-corrected chi connectivity index (χ3v) is 2.45. The van der Waals surface area contributed by atoms with Gasteiger partial charge in [-0.25, -0.2) is 0 Å². The lowest BCUT2D eigenvalue weighted by atomic mass is 10.0. The maximum atomic E-state index is 11.1. The summed E-state index contributed by atoms with van der Waals surface area (Å²) in [7, 11) is 0. The van der Waals surface area contributed by atoms with Crippen molar-refractivity contribution in [2.45, 2.75) is 26.0 Å². The smallest absolute Gasteiger partial charge is 0.250 e. The number of hydrogen-bond donors (Lipinski definition) is 4. The summed E-state index contributed by atoms with van der Waals surface area (Å²) in [5.41, 5.74) is 12.0. The van der Waals surface area contributed by atoms with Crippen molar-refractivity contribution in [3.05, 3.63) is 29.3 Å². The van der Waals surface area contributed by atoms with Gasteiger partial charge in [0.05, 0.1) is 11.7 Å². The Balaban J connectivity index is 2.84. The molecule has 5 nitrogen and oxygen atoms in total. The van der Waals surface area contributed by atoms with E-state index in [0.717, 1.165) is 0 Å². The molecule has 0 aliphatic heterocycles. The Bertz CT molecular complexity index is 405. The highest BCUT2D eigenvalue weighted by atomic mass is 16.3. The fourth-order valence-electron chi connectivity index (χ4n) is 1.46. The molecule has 17 heavy (non-hydrogen) atoms. The van der Waals surface area contributed by atoms with Crippen LogP contribution in [0.2, 0.25) is 0 Å². The fourth-order valence-corrected chi connectivity index (χ4v) is 1.46. The minimum Gasteiger partial charge on any atom is -0.398 e. The molecule has 5 heteroatoms. The molecule has 1 rings (SSSR count).